The van der Waals surface area contributed by atoms with Crippen LogP contribution in [0, 0.1) is 11.8 Å². The molecule has 2 aliphatic rings. The minimum atomic E-state index is -0.000458. The number of benzene rings is 1. The van der Waals surface area contributed by atoms with Crippen LogP contribution in [-0.2, 0) is 11.2 Å². The molecule has 2 aliphatic heterocycles. The van der Waals surface area contributed by atoms with Crippen molar-refractivity contribution in [1.29, 1.82) is 0 Å². The summed E-state index contributed by atoms with van der Waals surface area (Å²) in [6.07, 6.45) is 5.79. The summed E-state index contributed by atoms with van der Waals surface area (Å²) >= 11 is 0. The van der Waals surface area contributed by atoms with Gasteiger partial charge in [-0.1, -0.05) is 30.3 Å². The lowest BCUT2D eigenvalue weighted by Crippen LogP contribution is -2.53. The molecular weight excluding hydrogens is 393 g/mol. The van der Waals surface area contributed by atoms with E-state index in [4.69, 9.17) is 5.73 Å². The summed E-state index contributed by atoms with van der Waals surface area (Å²) < 4.78 is 0. The first-order valence-electron chi connectivity index (χ1n) is 10.4. The van der Waals surface area contributed by atoms with Crippen LogP contribution >= 0.6 is 24.8 Å². The topological polar surface area (TPSA) is 49.6 Å². The molecule has 2 N–H and O–H groups in total. The van der Waals surface area contributed by atoms with Gasteiger partial charge in [-0.2, -0.15) is 0 Å². The van der Waals surface area contributed by atoms with Gasteiger partial charge in [0.05, 0.1) is 6.04 Å². The molecule has 0 aromatic heterocycles. The monoisotopic (exact) mass is 429 g/mol. The maximum absolute atomic E-state index is 13.0. The van der Waals surface area contributed by atoms with Gasteiger partial charge in [-0.05, 0) is 76.4 Å². The third-order valence-corrected chi connectivity index (χ3v) is 6.43. The normalized spacial score (nSPS) is 23.2. The first kappa shape index (κ1) is 25.2. The maximum Gasteiger partial charge on any atom is 0.239 e. The second-order valence-corrected chi connectivity index (χ2v) is 8.39. The predicted molar refractivity (Wildman–Crippen MR) is 121 cm³/mol. The molecule has 0 saturated carbocycles. The molecule has 1 amide bonds. The molecule has 1 aromatic rings. The molecule has 2 fully saturated rings. The standard InChI is InChI=1S/C22H35N3O.2ClH/c1-17(23)21-9-6-12-25(16-21)22(26)18(2)24-13-10-20(11-14-24)15-19-7-4-3-5-8-19;;/h3-5,7-8,17-18,20-21H,6,9-16,23H2,1-2H3;2*1H. The molecule has 28 heavy (non-hydrogen) atoms. The number of piperidine rings is 2. The largest absolute Gasteiger partial charge is 0.341 e. The highest BCUT2D eigenvalue weighted by molar-refractivity contribution is 5.85. The number of carbonyl (C=O) groups excluding carboxylic acids is 1. The Morgan fingerprint density at radius 3 is 2.32 bits per heavy atom. The molecule has 0 bridgehead atoms. The van der Waals surface area contributed by atoms with E-state index in [2.05, 4.69) is 54.0 Å². The van der Waals surface area contributed by atoms with Gasteiger partial charge in [0.15, 0.2) is 0 Å². The Balaban J connectivity index is 0.00000196. The van der Waals surface area contributed by atoms with Gasteiger partial charge in [0.1, 0.15) is 0 Å². The number of hydrogen-bond acceptors (Lipinski definition) is 3. The number of halogens is 2. The summed E-state index contributed by atoms with van der Waals surface area (Å²) in [6, 6.07) is 11.0. The van der Waals surface area contributed by atoms with Gasteiger partial charge < -0.3 is 10.6 Å². The van der Waals surface area contributed by atoms with Gasteiger partial charge >= 0.3 is 0 Å². The number of amides is 1. The van der Waals surface area contributed by atoms with Crippen molar-refractivity contribution in [2.75, 3.05) is 26.2 Å². The first-order valence-corrected chi connectivity index (χ1v) is 10.4. The summed E-state index contributed by atoms with van der Waals surface area (Å²) in [5.74, 6) is 1.50. The molecule has 1 aromatic carbocycles. The molecule has 2 saturated heterocycles. The van der Waals surface area contributed by atoms with Crippen LogP contribution in [0.2, 0.25) is 0 Å². The van der Waals surface area contributed by atoms with Crippen LogP contribution < -0.4 is 5.73 Å². The molecule has 2 heterocycles. The van der Waals surface area contributed by atoms with Crippen molar-refractivity contribution in [3.05, 3.63) is 35.9 Å². The van der Waals surface area contributed by atoms with Crippen molar-refractivity contribution in [1.82, 2.24) is 9.80 Å². The molecule has 3 rings (SSSR count). The van der Waals surface area contributed by atoms with E-state index in [9.17, 15) is 4.79 Å². The van der Waals surface area contributed by atoms with Crippen LogP contribution in [0.5, 0.6) is 0 Å². The lowest BCUT2D eigenvalue weighted by molar-refractivity contribution is -0.139. The van der Waals surface area contributed by atoms with E-state index in [1.165, 1.54) is 24.8 Å². The number of likely N-dealkylation sites (tertiary alicyclic amines) is 2. The van der Waals surface area contributed by atoms with Crippen LogP contribution in [-0.4, -0.2) is 54.0 Å². The fourth-order valence-electron chi connectivity index (χ4n) is 4.55. The van der Waals surface area contributed by atoms with E-state index in [0.29, 0.717) is 11.8 Å². The van der Waals surface area contributed by atoms with Crippen molar-refractivity contribution in [3.8, 4) is 0 Å². The Morgan fingerprint density at radius 1 is 1.07 bits per heavy atom. The molecule has 4 nitrogen and oxygen atoms in total. The Hall–Kier alpha value is -0.810. The van der Waals surface area contributed by atoms with Crippen LogP contribution in [0.1, 0.15) is 45.1 Å². The van der Waals surface area contributed by atoms with Crippen LogP contribution in [0.4, 0.5) is 0 Å². The SMILES string of the molecule is CC(N)C1CCCN(C(=O)C(C)N2CCC(Cc3ccccc3)CC2)C1.Cl.Cl. The van der Waals surface area contributed by atoms with Gasteiger partial charge in [0.2, 0.25) is 5.91 Å². The summed E-state index contributed by atoms with van der Waals surface area (Å²) in [4.78, 5) is 17.4. The lowest BCUT2D eigenvalue weighted by Gasteiger charge is -2.40. The summed E-state index contributed by atoms with van der Waals surface area (Å²) in [5, 5.41) is 0. The second-order valence-electron chi connectivity index (χ2n) is 8.39. The van der Waals surface area contributed by atoms with Crippen molar-refractivity contribution in [2.24, 2.45) is 17.6 Å². The molecular formula is C22H37Cl2N3O. The smallest absolute Gasteiger partial charge is 0.239 e. The predicted octanol–water partition coefficient (Wildman–Crippen LogP) is 3.76. The third kappa shape index (κ3) is 6.62. The zero-order valence-corrected chi connectivity index (χ0v) is 18.9. The molecule has 0 radical (unpaired) electrons. The number of carbonyl (C=O) groups is 1. The van der Waals surface area contributed by atoms with Gasteiger partial charge in [0, 0.05) is 19.1 Å². The average molecular weight is 430 g/mol. The second kappa shape index (κ2) is 12.0. The minimum absolute atomic E-state index is 0. The minimum Gasteiger partial charge on any atom is -0.341 e. The fraction of sp³-hybridized carbons (Fsp3) is 0.682. The molecule has 6 heteroatoms. The average Bonchev–Trinajstić information content (AvgIpc) is 2.68. The molecule has 3 unspecified atom stereocenters. The fourth-order valence-corrected chi connectivity index (χ4v) is 4.55. The molecule has 3 atom stereocenters. The van der Waals surface area contributed by atoms with Crippen LogP contribution in [0.15, 0.2) is 30.3 Å². The summed E-state index contributed by atoms with van der Waals surface area (Å²) in [5.41, 5.74) is 7.51. The molecule has 160 valence electrons. The van der Waals surface area contributed by atoms with E-state index in [1.807, 2.05) is 0 Å². The Labute approximate surface area is 183 Å². The van der Waals surface area contributed by atoms with E-state index in [0.717, 1.165) is 44.9 Å². The number of nitrogens with zero attached hydrogens (tertiary/aromatic N) is 2. The number of rotatable bonds is 5. The molecule has 0 spiro atoms. The quantitative estimate of drug-likeness (QED) is 0.774. The highest BCUT2D eigenvalue weighted by atomic mass is 35.5. The van der Waals surface area contributed by atoms with Gasteiger partial charge in [0.25, 0.3) is 0 Å². The lowest BCUT2D eigenvalue weighted by atomic mass is 9.89. The Kier molecular flexibility index (Phi) is 10.8. The van der Waals surface area contributed by atoms with Crippen LogP contribution in [0.3, 0.4) is 0 Å². The Morgan fingerprint density at radius 2 is 1.71 bits per heavy atom. The third-order valence-electron chi connectivity index (χ3n) is 6.43. The van der Waals surface area contributed by atoms with Gasteiger partial charge in [-0.3, -0.25) is 9.69 Å². The Bertz CT molecular complexity index is 576. The summed E-state index contributed by atoms with van der Waals surface area (Å²) in [6.45, 7) is 7.97. The van der Waals surface area contributed by atoms with Crippen molar-refractivity contribution in [3.63, 3.8) is 0 Å². The number of nitrogens with two attached hydrogens (primary N) is 1. The zero-order valence-electron chi connectivity index (χ0n) is 17.3. The highest BCUT2D eigenvalue weighted by Gasteiger charge is 2.32. The van der Waals surface area contributed by atoms with Crippen molar-refractivity contribution >= 4 is 30.7 Å². The summed E-state index contributed by atoms with van der Waals surface area (Å²) in [7, 11) is 0. The van der Waals surface area contributed by atoms with Crippen LogP contribution in [0.25, 0.3) is 0 Å². The van der Waals surface area contributed by atoms with Gasteiger partial charge in [-0.15, -0.1) is 24.8 Å². The van der Waals surface area contributed by atoms with E-state index in [-0.39, 0.29) is 36.9 Å². The van der Waals surface area contributed by atoms with Gasteiger partial charge in [-0.25, -0.2) is 0 Å². The first-order chi connectivity index (χ1) is 12.5. The van der Waals surface area contributed by atoms with E-state index < -0.39 is 0 Å². The zero-order chi connectivity index (χ0) is 18.5. The van der Waals surface area contributed by atoms with Crippen molar-refractivity contribution in [2.45, 2.75) is 58.0 Å². The maximum atomic E-state index is 13.0. The van der Waals surface area contributed by atoms with Crippen molar-refractivity contribution < 1.29 is 4.79 Å². The molecule has 0 aliphatic carbocycles. The number of hydrogen-bond donors (Lipinski definition) is 1. The van der Waals surface area contributed by atoms with E-state index >= 15 is 0 Å². The van der Waals surface area contributed by atoms with E-state index in [1.54, 1.807) is 0 Å². The highest BCUT2D eigenvalue weighted by Crippen LogP contribution is 2.25.